The number of rotatable bonds is 17. The number of hydrogen-bond donors (Lipinski definition) is 6. The quantitative estimate of drug-likeness (QED) is 0.0723. The van der Waals surface area contributed by atoms with E-state index in [1.165, 1.54) is 10.9 Å². The largest absolute Gasteiger partial charge is 0.490 e. The average molecular weight is 1000 g/mol. The number of H-pyrrole nitrogens is 2. The van der Waals surface area contributed by atoms with Crippen LogP contribution >= 0.6 is 31.3 Å². The predicted octanol–water partition coefficient (Wildman–Crippen LogP) is 1.78. The molecule has 0 saturated carbocycles. The Labute approximate surface area is 368 Å². The molecule has 14 atom stereocenters. The summed E-state index contributed by atoms with van der Waals surface area (Å²) in [5.41, 5.74) is -0.753. The molecule has 0 radical (unpaired) electrons. The maximum atomic E-state index is 13.0. The first-order valence-electron chi connectivity index (χ1n) is 19.3. The molecule has 4 aliphatic rings. The highest BCUT2D eigenvalue weighted by molar-refractivity contribution is 7.69. The molecule has 5 aromatic rings. The van der Waals surface area contributed by atoms with Crippen LogP contribution in [0.15, 0.2) is 100.0 Å². The third-order valence-corrected chi connectivity index (χ3v) is 16.2. The van der Waals surface area contributed by atoms with Crippen molar-refractivity contribution in [3.05, 3.63) is 128 Å². The van der Waals surface area contributed by atoms with E-state index in [0.717, 1.165) is 28.7 Å². The Balaban J connectivity index is 0.828. The van der Waals surface area contributed by atoms with Crippen LogP contribution in [0.1, 0.15) is 29.9 Å². The molecule has 4 saturated heterocycles. The van der Waals surface area contributed by atoms with Gasteiger partial charge in [-0.3, -0.25) is 32.8 Å². The van der Waals surface area contributed by atoms with Gasteiger partial charge in [0.1, 0.15) is 36.6 Å². The van der Waals surface area contributed by atoms with E-state index in [-0.39, 0.29) is 17.6 Å². The van der Waals surface area contributed by atoms with Gasteiger partial charge in [0.25, 0.3) is 11.1 Å². The van der Waals surface area contributed by atoms with Crippen molar-refractivity contribution >= 4 is 42.5 Å². The standard InChI is InChI=1S/C34H36N6O22P4/c41-22-11-12-39(34(43)38-22)31-28-26(58-33(59-28)19-9-5-2-6-10-19)21(54-31)15-53-64(46,47)61-66(50,51)62-65(48,49)60-63(44,45)52-14-20-25-27(57-23(56-25)13-18-7-3-1-4-8-18)32(55-20)40-17-37-24-29(40)35-16-36-30(24)42/h1-12,16-17,20-21,23,25-28,31-33H,13-15H2,(H,44,45)(H,46,47)(H,48,49)(H,50,51)(H,35,36,42)(H,38,41,43)/t20-,21+,23?,25-,26-,27-,28-,31-,32-,33?/m1/s1. The van der Waals surface area contributed by atoms with Gasteiger partial charge in [-0.1, -0.05) is 60.7 Å². The van der Waals surface area contributed by atoms with E-state index in [4.69, 9.17) is 37.5 Å². The van der Waals surface area contributed by atoms with Gasteiger partial charge in [0, 0.05) is 24.2 Å². The molecular weight excluding hydrogens is 968 g/mol. The SMILES string of the molecule is O=c1ccn([C@@H]2O[C@@H](COP(=O)(O)OP(=O)(O)OP(=O)(O)OP(=O)(O)OC[C@H]3O[C@@H](n4cnc5c(=O)[nH]cnc54)[C@@H]4OC(Cc5ccccc5)O[C@@H]43)[C@H]3OC(c4ccccc4)O[C@H]32)c(=O)[nH]1. The summed E-state index contributed by atoms with van der Waals surface area (Å²) in [5.74, 6) is 0. The summed E-state index contributed by atoms with van der Waals surface area (Å²) in [6.07, 6.45) is -7.44. The number of fused-ring (bicyclic) bond motifs is 3. The lowest BCUT2D eigenvalue weighted by Crippen LogP contribution is -2.36. The van der Waals surface area contributed by atoms with Crippen LogP contribution < -0.4 is 16.8 Å². The highest BCUT2D eigenvalue weighted by Crippen LogP contribution is 2.71. The molecule has 32 heteroatoms. The monoisotopic (exact) mass is 1000 g/mol. The summed E-state index contributed by atoms with van der Waals surface area (Å²) in [6, 6.07) is 18.6. The number of phosphoric acid groups is 4. The molecule has 4 fully saturated rings. The number of ether oxygens (including phenoxy) is 6. The number of nitrogens with zero attached hydrogens (tertiary/aromatic N) is 4. The Morgan fingerprint density at radius 3 is 1.82 bits per heavy atom. The fourth-order valence-corrected chi connectivity index (χ4v) is 12.6. The Morgan fingerprint density at radius 1 is 0.636 bits per heavy atom. The van der Waals surface area contributed by atoms with E-state index in [1.54, 1.807) is 42.5 Å². The van der Waals surface area contributed by atoms with Crippen molar-refractivity contribution in [1.29, 1.82) is 0 Å². The van der Waals surface area contributed by atoms with Gasteiger partial charge in [-0.2, -0.15) is 12.9 Å². The molecule has 0 bridgehead atoms. The summed E-state index contributed by atoms with van der Waals surface area (Å²) in [6.45, 7) is -1.88. The topological polar surface area (TPSA) is 369 Å². The van der Waals surface area contributed by atoms with Crippen LogP contribution in [-0.4, -0.2) is 105 Å². The third-order valence-electron chi connectivity index (χ3n) is 10.3. The molecule has 354 valence electrons. The number of phosphoric ester groups is 2. The van der Waals surface area contributed by atoms with Crippen molar-refractivity contribution < 1.29 is 88.2 Å². The molecule has 4 aliphatic heterocycles. The fraction of sp³-hybridized carbons (Fsp3) is 0.382. The van der Waals surface area contributed by atoms with Crippen LogP contribution in [0.25, 0.3) is 11.2 Å². The summed E-state index contributed by atoms with van der Waals surface area (Å²) < 4.78 is 112. The highest BCUT2D eigenvalue weighted by atomic mass is 31.3. The first-order valence-corrected chi connectivity index (χ1v) is 25.3. The Bertz CT molecular complexity index is 2960. The first kappa shape index (κ1) is 46.9. The van der Waals surface area contributed by atoms with Crippen molar-refractivity contribution in [2.75, 3.05) is 13.2 Å². The third kappa shape index (κ3) is 10.3. The second-order valence-electron chi connectivity index (χ2n) is 14.7. The second kappa shape index (κ2) is 18.4. The van der Waals surface area contributed by atoms with Gasteiger partial charge in [0.15, 0.2) is 36.2 Å². The van der Waals surface area contributed by atoms with Gasteiger partial charge in [-0.15, -0.1) is 0 Å². The normalized spacial score (nSPS) is 30.8. The van der Waals surface area contributed by atoms with Gasteiger partial charge in [0.05, 0.1) is 25.9 Å². The van der Waals surface area contributed by atoms with E-state index in [1.807, 2.05) is 18.2 Å². The van der Waals surface area contributed by atoms with Crippen LogP contribution in [-0.2, 0) is 75.1 Å². The van der Waals surface area contributed by atoms with E-state index < -0.39 is 123 Å². The number of benzene rings is 2. The van der Waals surface area contributed by atoms with Crippen molar-refractivity contribution in [2.45, 2.75) is 68.1 Å². The number of nitrogens with one attached hydrogen (secondary N) is 2. The summed E-state index contributed by atoms with van der Waals surface area (Å²) in [7, 11) is -24.0. The Hall–Kier alpha value is -4.21. The fourth-order valence-electron chi connectivity index (χ4n) is 7.60. The maximum Gasteiger partial charge on any atom is 0.490 e. The maximum absolute atomic E-state index is 13.0. The van der Waals surface area contributed by atoms with E-state index in [0.29, 0.717) is 5.56 Å². The van der Waals surface area contributed by atoms with Crippen LogP contribution in [0.2, 0.25) is 0 Å². The second-order valence-corrected chi connectivity index (χ2v) is 20.9. The predicted molar refractivity (Wildman–Crippen MR) is 214 cm³/mol. The van der Waals surface area contributed by atoms with Gasteiger partial charge in [-0.05, 0) is 5.56 Å². The van der Waals surface area contributed by atoms with E-state index >= 15 is 0 Å². The summed E-state index contributed by atoms with van der Waals surface area (Å²) >= 11 is 0. The Morgan fingerprint density at radius 2 is 1.18 bits per heavy atom. The molecule has 9 rings (SSSR count). The van der Waals surface area contributed by atoms with Crippen LogP contribution in [0.5, 0.6) is 0 Å². The lowest BCUT2D eigenvalue weighted by Gasteiger charge is -2.23. The van der Waals surface area contributed by atoms with Gasteiger partial charge >= 0.3 is 37.0 Å². The van der Waals surface area contributed by atoms with Gasteiger partial charge in [0.2, 0.25) is 0 Å². The van der Waals surface area contributed by atoms with Crippen molar-refractivity contribution in [3.63, 3.8) is 0 Å². The first-order chi connectivity index (χ1) is 31.3. The minimum Gasteiger partial charge on any atom is -0.347 e. The van der Waals surface area contributed by atoms with Crippen molar-refractivity contribution in [1.82, 2.24) is 29.1 Å². The molecule has 2 aromatic carbocycles. The van der Waals surface area contributed by atoms with E-state index in [2.05, 4.69) is 32.9 Å². The molecule has 6 unspecified atom stereocenters. The summed E-state index contributed by atoms with van der Waals surface area (Å²) in [4.78, 5) is 90.7. The number of imidazole rings is 1. The molecule has 6 N–H and O–H groups in total. The Kier molecular flexibility index (Phi) is 13.0. The number of aromatic nitrogens is 6. The molecule has 3 aromatic heterocycles. The minimum absolute atomic E-state index is 0.0401. The zero-order chi connectivity index (χ0) is 46.6. The molecule has 0 aliphatic carbocycles. The van der Waals surface area contributed by atoms with Crippen LogP contribution in [0.3, 0.4) is 0 Å². The highest BCUT2D eigenvalue weighted by Gasteiger charge is 2.56. The molecule has 7 heterocycles. The van der Waals surface area contributed by atoms with Gasteiger partial charge in [-0.25, -0.2) is 33.0 Å². The van der Waals surface area contributed by atoms with Gasteiger partial charge < -0.3 is 53.0 Å². The number of aromatic amines is 2. The smallest absolute Gasteiger partial charge is 0.347 e. The molecule has 0 amide bonds. The average Bonchev–Trinajstić information content (AvgIpc) is 4.07. The van der Waals surface area contributed by atoms with Crippen molar-refractivity contribution in [2.24, 2.45) is 0 Å². The zero-order valence-corrected chi connectivity index (χ0v) is 36.8. The lowest BCUT2D eigenvalue weighted by molar-refractivity contribution is -0.154. The molecular formula is C34H36N6O22P4. The van der Waals surface area contributed by atoms with Crippen LogP contribution in [0, 0.1) is 0 Å². The lowest BCUT2D eigenvalue weighted by atomic mass is 10.1. The molecule has 66 heavy (non-hydrogen) atoms. The molecule has 28 nitrogen and oxygen atoms in total. The van der Waals surface area contributed by atoms with E-state index in [9.17, 15) is 52.2 Å². The van der Waals surface area contributed by atoms with Crippen LogP contribution in [0.4, 0.5) is 0 Å². The minimum atomic E-state index is -6.22. The summed E-state index contributed by atoms with van der Waals surface area (Å²) in [5, 5.41) is 0. The van der Waals surface area contributed by atoms with Crippen molar-refractivity contribution in [3.8, 4) is 0 Å². The molecule has 0 spiro atoms. The number of hydrogen-bond acceptors (Lipinski definition) is 20. The zero-order valence-electron chi connectivity index (χ0n) is 33.2.